The molecule has 2 N–H and O–H groups in total. The van der Waals surface area contributed by atoms with Gasteiger partial charge in [-0.25, -0.2) is 0 Å². The second-order valence-corrected chi connectivity index (χ2v) is 4.55. The summed E-state index contributed by atoms with van der Waals surface area (Å²) in [6.07, 6.45) is 3.01. The quantitative estimate of drug-likeness (QED) is 0.923. The zero-order valence-electron chi connectivity index (χ0n) is 9.57. The summed E-state index contributed by atoms with van der Waals surface area (Å²) in [7, 11) is 0. The number of hydrogen-bond acceptors (Lipinski definition) is 4. The van der Waals surface area contributed by atoms with Crippen molar-refractivity contribution in [3.8, 4) is 11.6 Å². The molecule has 2 rings (SSSR count). The number of hydrogen-bond donors (Lipinski definition) is 1. The molecule has 0 saturated carbocycles. The molecule has 17 heavy (non-hydrogen) atoms. The number of aromatic nitrogens is 2. The van der Waals surface area contributed by atoms with Gasteiger partial charge in [-0.2, -0.15) is 4.98 Å². The van der Waals surface area contributed by atoms with E-state index in [2.05, 4.69) is 25.9 Å². The van der Waals surface area contributed by atoms with Gasteiger partial charge >= 0.3 is 0 Å². The van der Waals surface area contributed by atoms with Crippen LogP contribution in [0.4, 0.5) is 5.82 Å². The molecule has 4 nitrogen and oxygen atoms in total. The first-order chi connectivity index (χ1) is 8.06. The Morgan fingerprint density at radius 3 is 2.41 bits per heavy atom. The predicted octanol–water partition coefficient (Wildman–Crippen LogP) is 3.23. The van der Waals surface area contributed by atoms with Crippen molar-refractivity contribution >= 4 is 21.7 Å². The van der Waals surface area contributed by atoms with Crippen LogP contribution in [0.5, 0.6) is 11.6 Å². The van der Waals surface area contributed by atoms with Gasteiger partial charge in [-0.3, -0.25) is 4.98 Å². The van der Waals surface area contributed by atoms with Crippen molar-refractivity contribution in [1.82, 2.24) is 9.97 Å². The first kappa shape index (κ1) is 11.9. The molecule has 0 aliphatic rings. The highest BCUT2D eigenvalue weighted by atomic mass is 79.9. The van der Waals surface area contributed by atoms with Crippen molar-refractivity contribution in [2.75, 3.05) is 5.73 Å². The average molecular weight is 294 g/mol. The third-order valence-electron chi connectivity index (χ3n) is 2.26. The molecule has 0 atom stereocenters. The third kappa shape index (κ3) is 2.74. The van der Waals surface area contributed by atoms with E-state index < -0.39 is 0 Å². The number of benzene rings is 1. The second-order valence-electron chi connectivity index (χ2n) is 3.76. The van der Waals surface area contributed by atoms with Crippen LogP contribution in [0, 0.1) is 13.8 Å². The normalized spacial score (nSPS) is 10.3. The van der Waals surface area contributed by atoms with Crippen LogP contribution < -0.4 is 10.5 Å². The molecule has 0 bridgehead atoms. The monoisotopic (exact) mass is 293 g/mol. The topological polar surface area (TPSA) is 61.0 Å². The van der Waals surface area contributed by atoms with E-state index in [-0.39, 0.29) is 0 Å². The minimum atomic E-state index is 0.341. The number of aryl methyl sites for hydroxylation is 2. The van der Waals surface area contributed by atoms with Gasteiger partial charge in [0.25, 0.3) is 0 Å². The molecular formula is C12H12BrN3O. The minimum absolute atomic E-state index is 0.341. The zero-order valence-corrected chi connectivity index (χ0v) is 11.2. The Kier molecular flexibility index (Phi) is 3.28. The first-order valence-electron chi connectivity index (χ1n) is 5.08. The molecule has 2 aromatic rings. The number of nitrogen functional groups attached to an aromatic ring is 1. The van der Waals surface area contributed by atoms with Crippen LogP contribution in [0.3, 0.4) is 0 Å². The molecule has 0 radical (unpaired) electrons. The molecule has 5 heteroatoms. The van der Waals surface area contributed by atoms with E-state index in [4.69, 9.17) is 10.5 Å². The van der Waals surface area contributed by atoms with Gasteiger partial charge in [0, 0.05) is 4.47 Å². The molecule has 0 unspecified atom stereocenters. The number of nitrogens with two attached hydrogens (primary N) is 1. The molecule has 0 aliphatic heterocycles. The molecule has 0 spiro atoms. The van der Waals surface area contributed by atoms with Gasteiger partial charge in [0.05, 0.1) is 12.4 Å². The summed E-state index contributed by atoms with van der Waals surface area (Å²) in [4.78, 5) is 7.95. The number of rotatable bonds is 2. The Bertz CT molecular complexity index is 534. The summed E-state index contributed by atoms with van der Waals surface area (Å²) < 4.78 is 6.69. The summed E-state index contributed by atoms with van der Waals surface area (Å²) in [5.74, 6) is 1.46. The molecule has 1 aromatic carbocycles. The Labute approximate surface area is 108 Å². The Morgan fingerprint density at radius 2 is 1.82 bits per heavy atom. The Balaban J connectivity index is 2.31. The zero-order chi connectivity index (χ0) is 12.4. The Hall–Kier alpha value is -1.62. The molecular weight excluding hydrogens is 282 g/mol. The highest BCUT2D eigenvalue weighted by Gasteiger charge is 2.05. The van der Waals surface area contributed by atoms with Gasteiger partial charge < -0.3 is 10.5 Å². The minimum Gasteiger partial charge on any atom is -0.437 e. The fraction of sp³-hybridized carbons (Fsp3) is 0.167. The maximum absolute atomic E-state index is 5.60. The lowest BCUT2D eigenvalue weighted by Crippen LogP contribution is -1.95. The van der Waals surface area contributed by atoms with Crippen molar-refractivity contribution in [2.45, 2.75) is 13.8 Å². The molecule has 1 heterocycles. The maximum atomic E-state index is 5.60. The van der Waals surface area contributed by atoms with Crippen LogP contribution in [0.25, 0.3) is 0 Å². The van der Waals surface area contributed by atoms with Crippen LogP contribution in [0.2, 0.25) is 0 Å². The number of anilines is 1. The van der Waals surface area contributed by atoms with E-state index in [0.29, 0.717) is 11.7 Å². The maximum Gasteiger partial charge on any atom is 0.239 e. The smallest absolute Gasteiger partial charge is 0.239 e. The molecule has 0 fully saturated rings. The van der Waals surface area contributed by atoms with Crippen molar-refractivity contribution in [3.05, 3.63) is 40.1 Å². The summed E-state index contributed by atoms with van der Waals surface area (Å²) in [5, 5.41) is 0. The summed E-state index contributed by atoms with van der Waals surface area (Å²) in [5.41, 5.74) is 7.75. The standard InChI is InChI=1S/C12H12BrN3O/c1-7-3-9(4-8(2)12(7)13)17-11-6-15-5-10(14)16-11/h3-6H,1-2H3,(H2,14,16). The van der Waals surface area contributed by atoms with Gasteiger partial charge in [0.2, 0.25) is 5.88 Å². The van der Waals surface area contributed by atoms with Crippen molar-refractivity contribution < 1.29 is 4.74 Å². The number of nitrogens with zero attached hydrogens (tertiary/aromatic N) is 2. The fourth-order valence-corrected chi connectivity index (χ4v) is 1.73. The largest absolute Gasteiger partial charge is 0.437 e. The SMILES string of the molecule is Cc1cc(Oc2cncc(N)n2)cc(C)c1Br. The van der Waals surface area contributed by atoms with Gasteiger partial charge in [0.1, 0.15) is 11.6 Å². The van der Waals surface area contributed by atoms with Gasteiger partial charge in [-0.15, -0.1) is 0 Å². The number of ether oxygens (including phenoxy) is 1. The lowest BCUT2D eigenvalue weighted by molar-refractivity contribution is 0.460. The van der Waals surface area contributed by atoms with E-state index in [1.54, 1.807) is 0 Å². The summed E-state index contributed by atoms with van der Waals surface area (Å²) >= 11 is 3.51. The van der Waals surface area contributed by atoms with E-state index in [1.165, 1.54) is 12.4 Å². The van der Waals surface area contributed by atoms with Crippen LogP contribution in [0.15, 0.2) is 29.0 Å². The van der Waals surface area contributed by atoms with Crippen molar-refractivity contribution in [2.24, 2.45) is 0 Å². The van der Waals surface area contributed by atoms with Crippen molar-refractivity contribution in [3.63, 3.8) is 0 Å². The average Bonchev–Trinajstić information content (AvgIpc) is 2.26. The van der Waals surface area contributed by atoms with E-state index in [0.717, 1.165) is 21.3 Å². The van der Waals surface area contributed by atoms with Gasteiger partial charge in [-0.05, 0) is 37.1 Å². The van der Waals surface area contributed by atoms with Crippen LogP contribution in [-0.4, -0.2) is 9.97 Å². The lowest BCUT2D eigenvalue weighted by atomic mass is 10.1. The predicted molar refractivity (Wildman–Crippen MR) is 70.1 cm³/mol. The van der Waals surface area contributed by atoms with Crippen LogP contribution >= 0.6 is 15.9 Å². The lowest BCUT2D eigenvalue weighted by Gasteiger charge is -2.08. The molecule has 0 aliphatic carbocycles. The second kappa shape index (κ2) is 4.71. The molecule has 88 valence electrons. The molecule has 0 saturated heterocycles. The first-order valence-corrected chi connectivity index (χ1v) is 5.87. The summed E-state index contributed by atoms with van der Waals surface area (Å²) in [6, 6.07) is 3.86. The van der Waals surface area contributed by atoms with E-state index >= 15 is 0 Å². The van der Waals surface area contributed by atoms with E-state index in [1.807, 2.05) is 26.0 Å². The van der Waals surface area contributed by atoms with Gasteiger partial charge in [-0.1, -0.05) is 15.9 Å². The summed E-state index contributed by atoms with van der Waals surface area (Å²) in [6.45, 7) is 4.02. The molecule has 1 aromatic heterocycles. The molecule has 0 amide bonds. The highest BCUT2D eigenvalue weighted by Crippen LogP contribution is 2.28. The van der Waals surface area contributed by atoms with Crippen LogP contribution in [0.1, 0.15) is 11.1 Å². The van der Waals surface area contributed by atoms with Gasteiger partial charge in [0.15, 0.2) is 0 Å². The van der Waals surface area contributed by atoms with Crippen LogP contribution in [-0.2, 0) is 0 Å². The fourth-order valence-electron chi connectivity index (χ4n) is 1.50. The number of halogens is 1. The Morgan fingerprint density at radius 1 is 1.18 bits per heavy atom. The third-order valence-corrected chi connectivity index (χ3v) is 3.51. The highest BCUT2D eigenvalue weighted by molar-refractivity contribution is 9.10. The van der Waals surface area contributed by atoms with Crippen molar-refractivity contribution in [1.29, 1.82) is 0 Å². The van der Waals surface area contributed by atoms with E-state index in [9.17, 15) is 0 Å².